The van der Waals surface area contributed by atoms with Crippen LogP contribution < -0.4 is 0 Å². The third-order valence-electron chi connectivity index (χ3n) is 3.68. The third-order valence-corrected chi connectivity index (χ3v) is 3.91. The zero-order chi connectivity index (χ0) is 16.6. The molecule has 0 fully saturated rings. The van der Waals surface area contributed by atoms with Crippen LogP contribution >= 0.6 is 11.6 Å². The van der Waals surface area contributed by atoms with Crippen LogP contribution in [0, 0.1) is 12.7 Å². The van der Waals surface area contributed by atoms with Crippen LogP contribution in [-0.2, 0) is 4.74 Å². The number of hydrogen-bond acceptors (Lipinski definition) is 3. The zero-order valence-electron chi connectivity index (χ0n) is 12.6. The first-order valence-corrected chi connectivity index (χ1v) is 7.32. The maximum atomic E-state index is 14.4. The van der Waals surface area contributed by atoms with E-state index in [-0.39, 0.29) is 0 Å². The summed E-state index contributed by atoms with van der Waals surface area (Å²) < 4.78 is 19.1. The second-order valence-electron chi connectivity index (χ2n) is 5.16. The monoisotopic (exact) mass is 329 g/mol. The summed E-state index contributed by atoms with van der Waals surface area (Å²) in [6, 6.07) is 9.56. The number of carbonyl (C=O) groups excluding carboxylic acids is 1. The SMILES string of the molecule is COC(=O)c1ccc2ncc(C)c(-c3ccc(Cl)cc3F)c2c1. The van der Waals surface area contributed by atoms with Gasteiger partial charge in [0, 0.05) is 22.2 Å². The summed E-state index contributed by atoms with van der Waals surface area (Å²) in [7, 11) is 1.32. The molecule has 1 heterocycles. The molecule has 116 valence electrons. The van der Waals surface area contributed by atoms with Crippen molar-refractivity contribution in [1.29, 1.82) is 0 Å². The van der Waals surface area contributed by atoms with Crippen LogP contribution in [0.4, 0.5) is 4.39 Å². The second-order valence-corrected chi connectivity index (χ2v) is 5.60. The quantitative estimate of drug-likeness (QED) is 0.634. The van der Waals surface area contributed by atoms with Gasteiger partial charge in [0.25, 0.3) is 0 Å². The number of hydrogen-bond donors (Lipinski definition) is 0. The molecule has 23 heavy (non-hydrogen) atoms. The molecule has 0 unspecified atom stereocenters. The maximum absolute atomic E-state index is 14.4. The summed E-state index contributed by atoms with van der Waals surface area (Å²) in [6.07, 6.45) is 1.68. The molecule has 0 N–H and O–H groups in total. The molecule has 0 aliphatic rings. The molecule has 0 atom stereocenters. The minimum atomic E-state index is -0.448. The van der Waals surface area contributed by atoms with E-state index in [2.05, 4.69) is 4.98 Å². The van der Waals surface area contributed by atoms with Gasteiger partial charge in [-0.3, -0.25) is 4.98 Å². The molecule has 1 aromatic heterocycles. The predicted octanol–water partition coefficient (Wildman–Crippen LogP) is 4.79. The highest BCUT2D eigenvalue weighted by Gasteiger charge is 2.15. The molecule has 5 heteroatoms. The van der Waals surface area contributed by atoms with E-state index >= 15 is 0 Å². The first-order chi connectivity index (χ1) is 11.0. The smallest absolute Gasteiger partial charge is 0.337 e. The van der Waals surface area contributed by atoms with Crippen molar-refractivity contribution in [1.82, 2.24) is 4.98 Å². The van der Waals surface area contributed by atoms with Crippen LogP contribution in [-0.4, -0.2) is 18.1 Å². The van der Waals surface area contributed by atoms with Gasteiger partial charge in [-0.15, -0.1) is 0 Å². The van der Waals surface area contributed by atoms with Crippen LogP contribution in [0.3, 0.4) is 0 Å². The number of fused-ring (bicyclic) bond motifs is 1. The lowest BCUT2D eigenvalue weighted by molar-refractivity contribution is 0.0601. The van der Waals surface area contributed by atoms with Gasteiger partial charge in [-0.05, 0) is 54.4 Å². The number of esters is 1. The molecule has 0 saturated heterocycles. The van der Waals surface area contributed by atoms with Gasteiger partial charge in [-0.25, -0.2) is 9.18 Å². The van der Waals surface area contributed by atoms with Crippen LogP contribution in [0.15, 0.2) is 42.6 Å². The fourth-order valence-electron chi connectivity index (χ4n) is 2.59. The third kappa shape index (κ3) is 2.78. The minimum absolute atomic E-state index is 0.331. The number of pyridine rings is 1. The molecule has 2 aromatic carbocycles. The summed E-state index contributed by atoms with van der Waals surface area (Å²) in [5.41, 5.74) is 2.98. The number of rotatable bonds is 2. The molecule has 3 nitrogen and oxygen atoms in total. The van der Waals surface area contributed by atoms with Crippen molar-refractivity contribution in [2.75, 3.05) is 7.11 Å². The number of aryl methyl sites for hydroxylation is 1. The lowest BCUT2D eigenvalue weighted by Crippen LogP contribution is -2.01. The topological polar surface area (TPSA) is 39.2 Å². The molecule has 0 spiro atoms. The molecule has 0 radical (unpaired) electrons. The summed E-state index contributed by atoms with van der Waals surface area (Å²) in [6.45, 7) is 1.85. The van der Waals surface area contributed by atoms with E-state index in [4.69, 9.17) is 16.3 Å². The van der Waals surface area contributed by atoms with Crippen molar-refractivity contribution in [3.63, 3.8) is 0 Å². The van der Waals surface area contributed by atoms with E-state index < -0.39 is 11.8 Å². The van der Waals surface area contributed by atoms with E-state index in [9.17, 15) is 9.18 Å². The van der Waals surface area contributed by atoms with E-state index in [1.54, 1.807) is 36.5 Å². The van der Waals surface area contributed by atoms with Gasteiger partial charge in [-0.2, -0.15) is 0 Å². The highest BCUT2D eigenvalue weighted by atomic mass is 35.5. The predicted molar refractivity (Wildman–Crippen MR) is 88.2 cm³/mol. The first-order valence-electron chi connectivity index (χ1n) is 6.94. The van der Waals surface area contributed by atoms with Gasteiger partial charge in [0.15, 0.2) is 0 Å². The Morgan fingerprint density at radius 2 is 2.00 bits per heavy atom. The van der Waals surface area contributed by atoms with Gasteiger partial charge >= 0.3 is 5.97 Å². The molecule has 3 aromatic rings. The number of methoxy groups -OCH3 is 1. The molecule has 0 aliphatic carbocycles. The molecule has 3 rings (SSSR count). The Hall–Kier alpha value is -2.46. The Morgan fingerprint density at radius 1 is 1.22 bits per heavy atom. The van der Waals surface area contributed by atoms with Crippen molar-refractivity contribution < 1.29 is 13.9 Å². The van der Waals surface area contributed by atoms with Crippen molar-refractivity contribution >= 4 is 28.5 Å². The molecular weight excluding hydrogens is 317 g/mol. The fraction of sp³-hybridized carbons (Fsp3) is 0.111. The minimum Gasteiger partial charge on any atom is -0.465 e. The Bertz CT molecular complexity index is 924. The molecule has 0 amide bonds. The summed E-state index contributed by atoms with van der Waals surface area (Å²) >= 11 is 5.83. The van der Waals surface area contributed by atoms with Crippen LogP contribution in [0.2, 0.25) is 5.02 Å². The lowest BCUT2D eigenvalue weighted by atomic mass is 9.95. The van der Waals surface area contributed by atoms with Crippen molar-refractivity contribution in [3.8, 4) is 11.1 Å². The summed E-state index contributed by atoms with van der Waals surface area (Å²) in [5, 5.41) is 1.02. The largest absolute Gasteiger partial charge is 0.465 e. The van der Waals surface area contributed by atoms with Gasteiger partial charge in [0.2, 0.25) is 0 Å². The van der Waals surface area contributed by atoms with E-state index in [1.807, 2.05) is 6.92 Å². The molecular formula is C18H13ClFNO2. The maximum Gasteiger partial charge on any atom is 0.337 e. The Morgan fingerprint density at radius 3 is 2.70 bits per heavy atom. The molecule has 0 aliphatic heterocycles. The fourth-order valence-corrected chi connectivity index (χ4v) is 2.75. The zero-order valence-corrected chi connectivity index (χ0v) is 13.3. The van der Waals surface area contributed by atoms with Gasteiger partial charge in [0.05, 0.1) is 18.2 Å². The highest BCUT2D eigenvalue weighted by molar-refractivity contribution is 6.30. The number of benzene rings is 2. The number of aromatic nitrogens is 1. The van der Waals surface area contributed by atoms with Gasteiger partial charge in [0.1, 0.15) is 5.82 Å². The molecule has 0 bridgehead atoms. The number of halogens is 2. The second kappa shape index (κ2) is 5.97. The van der Waals surface area contributed by atoms with Crippen molar-refractivity contribution in [2.24, 2.45) is 0 Å². The van der Waals surface area contributed by atoms with E-state index in [1.165, 1.54) is 13.2 Å². The number of carbonyl (C=O) groups is 1. The van der Waals surface area contributed by atoms with Crippen molar-refractivity contribution in [2.45, 2.75) is 6.92 Å². The van der Waals surface area contributed by atoms with Crippen LogP contribution in [0.25, 0.3) is 22.0 Å². The highest BCUT2D eigenvalue weighted by Crippen LogP contribution is 2.34. The Labute approximate surface area is 137 Å². The average Bonchev–Trinajstić information content (AvgIpc) is 2.54. The van der Waals surface area contributed by atoms with E-state index in [0.717, 1.165) is 5.56 Å². The lowest BCUT2D eigenvalue weighted by Gasteiger charge is -2.12. The Balaban J connectivity index is 2.33. The number of ether oxygens (including phenoxy) is 1. The van der Waals surface area contributed by atoms with Gasteiger partial charge < -0.3 is 4.74 Å². The number of nitrogens with zero attached hydrogens (tertiary/aromatic N) is 1. The van der Waals surface area contributed by atoms with Crippen molar-refractivity contribution in [3.05, 3.63) is 64.6 Å². The van der Waals surface area contributed by atoms with Crippen LogP contribution in [0.5, 0.6) is 0 Å². The van der Waals surface area contributed by atoms with Gasteiger partial charge in [-0.1, -0.05) is 11.6 Å². The normalized spacial score (nSPS) is 10.8. The average molecular weight is 330 g/mol. The standard InChI is InChI=1S/C18H13ClFNO2/c1-10-9-21-16-6-3-11(18(22)23-2)7-14(16)17(10)13-5-4-12(19)8-15(13)20/h3-9H,1-2H3. The molecule has 0 saturated carbocycles. The summed E-state index contributed by atoms with van der Waals surface area (Å²) in [5.74, 6) is -0.868. The first kappa shape index (κ1) is 15.4. The summed E-state index contributed by atoms with van der Waals surface area (Å²) in [4.78, 5) is 16.1. The van der Waals surface area contributed by atoms with E-state index in [0.29, 0.717) is 32.6 Å². The van der Waals surface area contributed by atoms with Crippen LogP contribution in [0.1, 0.15) is 15.9 Å². The Kier molecular flexibility index (Phi) is 4.01.